The number of rotatable bonds is 4. The predicted octanol–water partition coefficient (Wildman–Crippen LogP) is 3.30. The summed E-state index contributed by atoms with van der Waals surface area (Å²) < 4.78 is 5.09. The normalized spacial score (nSPS) is 29.5. The molecule has 0 aromatic heterocycles. The molecule has 26 heavy (non-hydrogen) atoms. The zero-order chi connectivity index (χ0) is 18.4. The molecule has 0 unspecified atom stereocenters. The van der Waals surface area contributed by atoms with Crippen LogP contribution < -0.4 is 4.90 Å². The van der Waals surface area contributed by atoms with Crippen molar-refractivity contribution in [2.24, 2.45) is 23.7 Å². The molecule has 2 fully saturated rings. The van der Waals surface area contributed by atoms with E-state index < -0.39 is 5.97 Å². The van der Waals surface area contributed by atoms with Crippen LogP contribution in [0.4, 0.5) is 5.69 Å². The van der Waals surface area contributed by atoms with E-state index in [0.29, 0.717) is 16.3 Å². The number of hydrogen-bond acceptors (Lipinski definition) is 4. The molecule has 6 heteroatoms. The summed E-state index contributed by atoms with van der Waals surface area (Å²) in [6, 6.07) is 6.36. The maximum atomic E-state index is 12.8. The Kier molecular flexibility index (Phi) is 4.19. The molecule has 1 aromatic rings. The maximum Gasteiger partial charge on any atom is 0.338 e. The summed E-state index contributed by atoms with van der Waals surface area (Å²) in [5, 5.41) is 0.549. The minimum Gasteiger partial charge on any atom is -0.458 e. The highest BCUT2D eigenvalue weighted by atomic mass is 35.5. The van der Waals surface area contributed by atoms with E-state index in [0.717, 1.165) is 6.42 Å². The first kappa shape index (κ1) is 17.0. The average molecular weight is 372 g/mol. The number of hydrogen-bond donors (Lipinski definition) is 0. The third-order valence-corrected chi connectivity index (χ3v) is 5.56. The largest absolute Gasteiger partial charge is 0.458 e. The molecule has 2 aliphatic carbocycles. The molecule has 2 bridgehead atoms. The van der Waals surface area contributed by atoms with Crippen LogP contribution in [-0.4, -0.2) is 24.4 Å². The second kappa shape index (κ2) is 6.40. The van der Waals surface area contributed by atoms with Crippen molar-refractivity contribution in [3.05, 3.63) is 53.1 Å². The Balaban J connectivity index is 1.49. The molecule has 5 nitrogen and oxygen atoms in total. The van der Waals surface area contributed by atoms with Gasteiger partial charge in [0.2, 0.25) is 11.8 Å². The zero-order valence-corrected chi connectivity index (χ0v) is 15.0. The summed E-state index contributed by atoms with van der Waals surface area (Å²) in [7, 11) is 0. The fraction of sp³-hybridized carbons (Fsp3) is 0.350. The van der Waals surface area contributed by atoms with Gasteiger partial charge in [-0.15, -0.1) is 0 Å². The van der Waals surface area contributed by atoms with Crippen molar-refractivity contribution in [3.63, 3.8) is 0 Å². The van der Waals surface area contributed by atoms with Gasteiger partial charge in [-0.3, -0.25) is 14.5 Å². The third-order valence-electron chi connectivity index (χ3n) is 5.41. The Labute approximate surface area is 156 Å². The summed E-state index contributed by atoms with van der Waals surface area (Å²) in [6.07, 6.45) is 6.63. The lowest BCUT2D eigenvalue weighted by molar-refractivity contribution is -0.123. The number of fused-ring (bicyclic) bond motifs is 5. The van der Waals surface area contributed by atoms with E-state index in [1.807, 2.05) is 0 Å². The van der Waals surface area contributed by atoms with Gasteiger partial charge in [-0.1, -0.05) is 23.8 Å². The van der Waals surface area contributed by atoms with E-state index in [4.69, 9.17) is 16.3 Å². The fourth-order valence-corrected chi connectivity index (χ4v) is 4.28. The molecule has 0 radical (unpaired) electrons. The minimum atomic E-state index is -0.482. The van der Waals surface area contributed by atoms with Gasteiger partial charge in [0, 0.05) is 5.03 Å². The molecule has 1 saturated heterocycles. The Morgan fingerprint density at radius 2 is 1.73 bits per heavy atom. The molecule has 2 amide bonds. The summed E-state index contributed by atoms with van der Waals surface area (Å²) in [5.41, 5.74) is 0.859. The Morgan fingerprint density at radius 1 is 1.15 bits per heavy atom. The van der Waals surface area contributed by atoms with Crippen LogP contribution in [-0.2, 0) is 14.3 Å². The molecule has 0 N–H and O–H groups in total. The molecule has 1 saturated carbocycles. The van der Waals surface area contributed by atoms with Crippen LogP contribution in [0.25, 0.3) is 0 Å². The number of benzene rings is 1. The minimum absolute atomic E-state index is 0.0954. The number of halogens is 1. The second-order valence-electron chi connectivity index (χ2n) is 6.95. The number of carbonyl (C=O) groups excluding carboxylic acids is 3. The lowest BCUT2D eigenvalue weighted by Crippen LogP contribution is -2.32. The molecule has 0 spiro atoms. The standard InChI is InChI=1S/C20H18ClNO4/c1-11(21)8-9-26-20(25)12-4-6-15(7-5-12)22-18(23)16-13-2-3-14(10-13)17(16)19(22)24/h2-8,13-14,16-17H,9-10H2,1H3/b11-8-/t13-,14+,16-,17-/m0/s1. The lowest BCUT2D eigenvalue weighted by atomic mass is 9.85. The van der Waals surface area contributed by atoms with Crippen LogP contribution in [0.3, 0.4) is 0 Å². The first-order valence-corrected chi connectivity index (χ1v) is 9.01. The topological polar surface area (TPSA) is 63.7 Å². The van der Waals surface area contributed by atoms with Gasteiger partial charge in [0.1, 0.15) is 6.61 Å². The SMILES string of the molecule is C/C(Cl)=C/COC(=O)c1ccc(N2C(=O)[C@@H]3[C@@H](C2=O)[C@H]2C=C[C@@H]3C2)cc1. The van der Waals surface area contributed by atoms with Crippen LogP contribution in [0.2, 0.25) is 0 Å². The molecule has 4 atom stereocenters. The van der Waals surface area contributed by atoms with Crippen molar-refractivity contribution < 1.29 is 19.1 Å². The van der Waals surface area contributed by atoms with Crippen molar-refractivity contribution >= 4 is 35.1 Å². The van der Waals surface area contributed by atoms with E-state index in [-0.39, 0.29) is 42.1 Å². The zero-order valence-electron chi connectivity index (χ0n) is 14.2. The van der Waals surface area contributed by atoms with Crippen LogP contribution in [0, 0.1) is 23.7 Å². The molecular weight excluding hydrogens is 354 g/mol. The smallest absolute Gasteiger partial charge is 0.338 e. The summed E-state index contributed by atoms with van der Waals surface area (Å²) in [5.74, 6) is -0.840. The Hall–Kier alpha value is -2.40. The quantitative estimate of drug-likeness (QED) is 0.463. The van der Waals surface area contributed by atoms with E-state index in [1.54, 1.807) is 37.3 Å². The van der Waals surface area contributed by atoms with Gasteiger partial charge >= 0.3 is 5.97 Å². The molecule has 1 aliphatic heterocycles. The van der Waals surface area contributed by atoms with Crippen LogP contribution >= 0.6 is 11.6 Å². The summed E-state index contributed by atoms with van der Waals surface area (Å²) in [6.45, 7) is 1.80. The van der Waals surface area contributed by atoms with Crippen molar-refractivity contribution in [1.29, 1.82) is 0 Å². The van der Waals surface area contributed by atoms with Crippen molar-refractivity contribution in [1.82, 2.24) is 0 Å². The first-order chi connectivity index (χ1) is 12.5. The van der Waals surface area contributed by atoms with Gasteiger partial charge < -0.3 is 4.74 Å². The highest BCUT2D eigenvalue weighted by molar-refractivity contribution is 6.29. The number of imide groups is 1. The number of ether oxygens (including phenoxy) is 1. The molecule has 1 aromatic carbocycles. The molecule has 4 rings (SSSR count). The number of amides is 2. The van der Waals surface area contributed by atoms with Crippen molar-refractivity contribution in [2.45, 2.75) is 13.3 Å². The van der Waals surface area contributed by atoms with Crippen molar-refractivity contribution in [3.8, 4) is 0 Å². The van der Waals surface area contributed by atoms with Gasteiger partial charge in [0.25, 0.3) is 0 Å². The van der Waals surface area contributed by atoms with Gasteiger partial charge in [-0.05, 0) is 55.5 Å². The predicted molar refractivity (Wildman–Crippen MR) is 96.5 cm³/mol. The highest BCUT2D eigenvalue weighted by Crippen LogP contribution is 2.53. The maximum absolute atomic E-state index is 12.8. The second-order valence-corrected chi connectivity index (χ2v) is 7.54. The third kappa shape index (κ3) is 2.67. The summed E-state index contributed by atoms with van der Waals surface area (Å²) >= 11 is 5.69. The number of anilines is 1. The number of allylic oxidation sites excluding steroid dienone is 3. The van der Waals surface area contributed by atoms with E-state index in [2.05, 4.69) is 12.2 Å². The Bertz CT molecular complexity index is 808. The van der Waals surface area contributed by atoms with Crippen LogP contribution in [0.1, 0.15) is 23.7 Å². The monoisotopic (exact) mass is 371 g/mol. The van der Waals surface area contributed by atoms with Gasteiger partial charge in [0.15, 0.2) is 0 Å². The Morgan fingerprint density at radius 3 is 2.27 bits per heavy atom. The fourth-order valence-electron chi connectivity index (χ4n) is 4.22. The van der Waals surface area contributed by atoms with Gasteiger partial charge in [-0.25, -0.2) is 4.79 Å². The van der Waals surface area contributed by atoms with Gasteiger partial charge in [-0.2, -0.15) is 0 Å². The van der Waals surface area contributed by atoms with E-state index in [9.17, 15) is 14.4 Å². The van der Waals surface area contributed by atoms with Gasteiger partial charge in [0.05, 0.1) is 23.1 Å². The average Bonchev–Trinajstić information content (AvgIpc) is 3.29. The first-order valence-electron chi connectivity index (χ1n) is 8.63. The van der Waals surface area contributed by atoms with Crippen LogP contribution in [0.5, 0.6) is 0 Å². The van der Waals surface area contributed by atoms with Crippen LogP contribution in [0.15, 0.2) is 47.5 Å². The number of carbonyl (C=O) groups is 3. The van der Waals surface area contributed by atoms with Crippen molar-refractivity contribution in [2.75, 3.05) is 11.5 Å². The van der Waals surface area contributed by atoms with E-state index in [1.165, 1.54) is 4.90 Å². The lowest BCUT2D eigenvalue weighted by Gasteiger charge is -2.17. The highest BCUT2D eigenvalue weighted by Gasteiger charge is 2.59. The molecule has 134 valence electrons. The summed E-state index contributed by atoms with van der Waals surface area (Å²) in [4.78, 5) is 38.8. The molecule has 3 aliphatic rings. The van der Waals surface area contributed by atoms with E-state index >= 15 is 0 Å². The number of nitrogens with zero attached hydrogens (tertiary/aromatic N) is 1. The molecular formula is C20H18ClNO4. The molecule has 1 heterocycles. The number of esters is 1.